The van der Waals surface area contributed by atoms with Gasteiger partial charge in [-0.1, -0.05) is 20.8 Å². The topological polar surface area (TPSA) is 78.1 Å². The van der Waals surface area contributed by atoms with Gasteiger partial charge in [-0.05, 0) is 25.3 Å². The zero-order chi connectivity index (χ0) is 14.9. The van der Waals surface area contributed by atoms with Gasteiger partial charge in [0.05, 0.1) is 11.4 Å². The number of hydrogen-bond acceptors (Lipinski definition) is 4. The van der Waals surface area contributed by atoms with Crippen molar-refractivity contribution < 1.29 is 8.42 Å². The minimum atomic E-state index is -3.45. The molecule has 20 heavy (non-hydrogen) atoms. The Kier molecular flexibility index (Phi) is 4.51. The largest absolute Gasteiger partial charge is 0.311 e. The third-order valence-corrected chi connectivity index (χ3v) is 6.09. The van der Waals surface area contributed by atoms with Crippen molar-refractivity contribution in [3.63, 3.8) is 0 Å². The Morgan fingerprint density at radius 2 is 1.95 bits per heavy atom. The second-order valence-corrected chi connectivity index (χ2v) is 7.56. The van der Waals surface area contributed by atoms with Crippen LogP contribution in [0.5, 0.6) is 0 Å². The summed E-state index contributed by atoms with van der Waals surface area (Å²) in [5, 5.41) is 10.1. The highest BCUT2D eigenvalue weighted by Crippen LogP contribution is 2.30. The highest BCUT2D eigenvalue weighted by Gasteiger charge is 2.37. The van der Waals surface area contributed by atoms with Crippen molar-refractivity contribution >= 4 is 10.0 Å². The van der Waals surface area contributed by atoms with Crippen LogP contribution in [-0.2, 0) is 16.6 Å². The molecule has 1 fully saturated rings. The normalized spacial score (nSPS) is 24.4. The molecule has 6 nitrogen and oxygen atoms in total. The van der Waals surface area contributed by atoms with Crippen LogP contribution in [0.2, 0.25) is 0 Å². The number of aryl methyl sites for hydroxylation is 1. The van der Waals surface area contributed by atoms with Gasteiger partial charge < -0.3 is 5.32 Å². The molecule has 1 saturated heterocycles. The molecule has 2 atom stereocenters. The molecule has 0 radical (unpaired) electrons. The van der Waals surface area contributed by atoms with Crippen molar-refractivity contribution in [2.75, 3.05) is 19.6 Å². The molecule has 1 aliphatic heterocycles. The first-order valence-corrected chi connectivity index (χ1v) is 8.56. The Hall–Kier alpha value is -0.920. The van der Waals surface area contributed by atoms with E-state index in [4.69, 9.17) is 0 Å². The molecule has 7 heteroatoms. The van der Waals surface area contributed by atoms with E-state index >= 15 is 0 Å². The molecule has 2 N–H and O–H groups in total. The summed E-state index contributed by atoms with van der Waals surface area (Å²) in [6.45, 7) is 10.4. The number of H-pyrrole nitrogens is 1. The summed E-state index contributed by atoms with van der Waals surface area (Å²) in [7, 11) is -3.45. The second kappa shape index (κ2) is 5.83. The van der Waals surface area contributed by atoms with Gasteiger partial charge in [-0.15, -0.1) is 0 Å². The lowest BCUT2D eigenvalue weighted by atomic mass is 10.0. The molecule has 0 spiro atoms. The fourth-order valence-electron chi connectivity index (χ4n) is 2.58. The molecule has 0 amide bonds. The maximum absolute atomic E-state index is 12.8. The SMILES string of the molecule is CCNCc1n[nH]c(C)c1S(=O)(=O)N1CC(C)C(C)C1. The van der Waals surface area contributed by atoms with Crippen molar-refractivity contribution in [1.82, 2.24) is 19.8 Å². The molecule has 114 valence electrons. The minimum absolute atomic E-state index is 0.347. The lowest BCUT2D eigenvalue weighted by Gasteiger charge is -2.17. The average Bonchev–Trinajstić information content (AvgIpc) is 2.92. The number of aromatic amines is 1. The van der Waals surface area contributed by atoms with Crippen molar-refractivity contribution in [1.29, 1.82) is 0 Å². The van der Waals surface area contributed by atoms with Crippen LogP contribution in [-0.4, -0.2) is 42.6 Å². The highest BCUT2D eigenvalue weighted by atomic mass is 32.2. The molecule has 2 rings (SSSR count). The number of rotatable bonds is 5. The van der Waals surface area contributed by atoms with Crippen LogP contribution in [0.15, 0.2) is 4.90 Å². The second-order valence-electron chi connectivity index (χ2n) is 5.68. The summed E-state index contributed by atoms with van der Waals surface area (Å²) in [5.41, 5.74) is 1.20. The smallest absolute Gasteiger partial charge is 0.246 e. The van der Waals surface area contributed by atoms with E-state index in [9.17, 15) is 8.42 Å². The maximum atomic E-state index is 12.8. The van der Waals surface area contributed by atoms with Gasteiger partial charge in [0.1, 0.15) is 4.90 Å². The van der Waals surface area contributed by atoms with Gasteiger partial charge in [0, 0.05) is 19.6 Å². The van der Waals surface area contributed by atoms with E-state index in [2.05, 4.69) is 29.4 Å². The quantitative estimate of drug-likeness (QED) is 0.854. The van der Waals surface area contributed by atoms with Gasteiger partial charge in [-0.2, -0.15) is 9.40 Å². The summed E-state index contributed by atoms with van der Waals surface area (Å²) < 4.78 is 27.3. The van der Waals surface area contributed by atoms with E-state index in [0.29, 0.717) is 47.8 Å². The predicted molar refractivity (Wildman–Crippen MR) is 77.8 cm³/mol. The first-order valence-electron chi connectivity index (χ1n) is 7.12. The summed E-state index contributed by atoms with van der Waals surface area (Å²) in [6, 6.07) is 0. The molecule has 1 aliphatic rings. The van der Waals surface area contributed by atoms with E-state index < -0.39 is 10.0 Å². The Balaban J connectivity index is 2.32. The molecular formula is C13H24N4O2S. The summed E-state index contributed by atoms with van der Waals surface area (Å²) in [6.07, 6.45) is 0. The van der Waals surface area contributed by atoms with Crippen LogP contribution in [0.3, 0.4) is 0 Å². The molecular weight excluding hydrogens is 276 g/mol. The fourth-order valence-corrected chi connectivity index (χ4v) is 4.55. The first-order chi connectivity index (χ1) is 9.37. The van der Waals surface area contributed by atoms with Crippen LogP contribution in [0.4, 0.5) is 0 Å². The van der Waals surface area contributed by atoms with E-state index in [1.165, 1.54) is 0 Å². The first kappa shape index (κ1) is 15.5. The average molecular weight is 300 g/mol. The van der Waals surface area contributed by atoms with E-state index in [-0.39, 0.29) is 0 Å². The van der Waals surface area contributed by atoms with Gasteiger partial charge >= 0.3 is 0 Å². The predicted octanol–water partition coefficient (Wildman–Crippen LogP) is 1.10. The van der Waals surface area contributed by atoms with Gasteiger partial charge in [0.15, 0.2) is 0 Å². The van der Waals surface area contributed by atoms with E-state index in [1.54, 1.807) is 11.2 Å². The van der Waals surface area contributed by atoms with Gasteiger partial charge in [0.25, 0.3) is 0 Å². The minimum Gasteiger partial charge on any atom is -0.311 e. The van der Waals surface area contributed by atoms with E-state index in [1.807, 2.05) is 6.92 Å². The van der Waals surface area contributed by atoms with Crippen LogP contribution in [0.25, 0.3) is 0 Å². The van der Waals surface area contributed by atoms with Crippen molar-refractivity contribution in [3.8, 4) is 0 Å². The van der Waals surface area contributed by atoms with Crippen LogP contribution < -0.4 is 5.32 Å². The number of nitrogens with one attached hydrogen (secondary N) is 2. The fraction of sp³-hybridized carbons (Fsp3) is 0.769. The van der Waals surface area contributed by atoms with Crippen molar-refractivity contribution in [2.45, 2.75) is 39.1 Å². The molecule has 2 unspecified atom stereocenters. The third-order valence-electron chi connectivity index (χ3n) is 4.06. The molecule has 1 aromatic rings. The summed E-state index contributed by atoms with van der Waals surface area (Å²) >= 11 is 0. The van der Waals surface area contributed by atoms with Gasteiger partial charge in [-0.3, -0.25) is 5.10 Å². The van der Waals surface area contributed by atoms with Crippen LogP contribution in [0.1, 0.15) is 32.2 Å². The molecule has 2 heterocycles. The number of nitrogens with zero attached hydrogens (tertiary/aromatic N) is 2. The molecule has 0 saturated carbocycles. The highest BCUT2D eigenvalue weighted by molar-refractivity contribution is 7.89. The molecule has 0 aliphatic carbocycles. The van der Waals surface area contributed by atoms with Crippen LogP contribution in [0, 0.1) is 18.8 Å². The zero-order valence-electron chi connectivity index (χ0n) is 12.6. The Labute approximate surface area is 121 Å². The Bertz CT molecular complexity index is 557. The molecule has 0 bridgehead atoms. The van der Waals surface area contributed by atoms with Gasteiger partial charge in [0.2, 0.25) is 10.0 Å². The number of aromatic nitrogens is 2. The monoisotopic (exact) mass is 300 g/mol. The van der Waals surface area contributed by atoms with Crippen molar-refractivity contribution in [2.24, 2.45) is 11.8 Å². The van der Waals surface area contributed by atoms with E-state index in [0.717, 1.165) is 6.54 Å². The Morgan fingerprint density at radius 1 is 1.35 bits per heavy atom. The van der Waals surface area contributed by atoms with Crippen LogP contribution >= 0.6 is 0 Å². The molecule has 0 aromatic carbocycles. The lowest BCUT2D eigenvalue weighted by molar-refractivity contribution is 0.461. The van der Waals surface area contributed by atoms with Gasteiger partial charge in [-0.25, -0.2) is 8.42 Å². The van der Waals surface area contributed by atoms with Crippen molar-refractivity contribution in [3.05, 3.63) is 11.4 Å². The number of hydrogen-bond donors (Lipinski definition) is 2. The Morgan fingerprint density at radius 3 is 2.50 bits per heavy atom. The number of sulfonamides is 1. The standard InChI is InChI=1S/C13H24N4O2S/c1-5-14-6-12-13(11(4)15-16-12)20(18,19)17-7-9(2)10(3)8-17/h9-10,14H,5-8H2,1-4H3,(H,15,16). The molecule has 1 aromatic heterocycles. The lowest BCUT2D eigenvalue weighted by Crippen LogP contribution is -2.30. The maximum Gasteiger partial charge on any atom is 0.246 e. The summed E-state index contributed by atoms with van der Waals surface area (Å²) in [4.78, 5) is 0.347. The third kappa shape index (κ3) is 2.75. The zero-order valence-corrected chi connectivity index (χ0v) is 13.4. The summed E-state index contributed by atoms with van der Waals surface area (Å²) in [5.74, 6) is 0.795.